The maximum Gasteiger partial charge on any atom is 0.0474 e. The Hall–Kier alpha value is -8.26. The number of anilines is 3. The monoisotopic (exact) mass is 797 g/mol. The summed E-state index contributed by atoms with van der Waals surface area (Å²) in [6, 6.07) is 87.5. The fraction of sp³-hybridized carbons (Fsp3) is 0. The van der Waals surface area contributed by atoms with E-state index in [0.29, 0.717) is 0 Å². The lowest BCUT2D eigenvalue weighted by Gasteiger charge is -2.27. The zero-order valence-corrected chi connectivity index (χ0v) is 34.5. The average molecular weight is 798 g/mol. The van der Waals surface area contributed by atoms with Crippen molar-refractivity contribution in [3.8, 4) is 33.4 Å². The van der Waals surface area contributed by atoms with Gasteiger partial charge >= 0.3 is 0 Å². The van der Waals surface area contributed by atoms with Crippen molar-refractivity contribution in [1.82, 2.24) is 0 Å². The van der Waals surface area contributed by atoms with Crippen molar-refractivity contribution >= 4 is 92.5 Å². The molecular formula is C62H39N. The van der Waals surface area contributed by atoms with E-state index in [2.05, 4.69) is 241 Å². The Kier molecular flexibility index (Phi) is 7.98. The van der Waals surface area contributed by atoms with Crippen molar-refractivity contribution in [2.75, 3.05) is 4.90 Å². The zero-order valence-electron chi connectivity index (χ0n) is 34.5. The molecule has 0 saturated carbocycles. The molecule has 0 atom stereocenters. The highest BCUT2D eigenvalue weighted by atomic mass is 15.1. The minimum Gasteiger partial charge on any atom is -0.310 e. The van der Waals surface area contributed by atoms with Gasteiger partial charge in [-0.15, -0.1) is 0 Å². The Balaban J connectivity index is 1.04. The summed E-state index contributed by atoms with van der Waals surface area (Å²) < 4.78 is 0. The van der Waals surface area contributed by atoms with Gasteiger partial charge in [-0.05, 0) is 145 Å². The molecule has 0 heterocycles. The van der Waals surface area contributed by atoms with Gasteiger partial charge in [0.15, 0.2) is 0 Å². The summed E-state index contributed by atoms with van der Waals surface area (Å²) in [6.07, 6.45) is 0. The van der Waals surface area contributed by atoms with Crippen LogP contribution in [0, 0.1) is 0 Å². The van der Waals surface area contributed by atoms with Crippen LogP contribution in [0.1, 0.15) is 0 Å². The van der Waals surface area contributed by atoms with Crippen LogP contribution in [-0.2, 0) is 0 Å². The van der Waals surface area contributed by atoms with Crippen molar-refractivity contribution in [3.63, 3.8) is 0 Å². The van der Waals surface area contributed by atoms with Gasteiger partial charge in [-0.3, -0.25) is 0 Å². The summed E-state index contributed by atoms with van der Waals surface area (Å²) >= 11 is 0. The molecule has 292 valence electrons. The second-order valence-corrected chi connectivity index (χ2v) is 16.8. The van der Waals surface area contributed by atoms with E-state index in [1.807, 2.05) is 0 Å². The van der Waals surface area contributed by atoms with E-state index in [-0.39, 0.29) is 0 Å². The Morgan fingerprint density at radius 3 is 1.19 bits per heavy atom. The minimum atomic E-state index is 1.10. The number of fused-ring (bicyclic) bond motifs is 3. The maximum atomic E-state index is 2.45. The Morgan fingerprint density at radius 2 is 0.603 bits per heavy atom. The van der Waals surface area contributed by atoms with E-state index in [9.17, 15) is 0 Å². The Bertz CT molecular complexity index is 3850. The van der Waals surface area contributed by atoms with Crippen LogP contribution < -0.4 is 4.90 Å². The van der Waals surface area contributed by atoms with Gasteiger partial charge in [0.2, 0.25) is 0 Å². The predicted molar refractivity (Wildman–Crippen MR) is 271 cm³/mol. The molecule has 0 bridgehead atoms. The van der Waals surface area contributed by atoms with E-state index < -0.39 is 0 Å². The second-order valence-electron chi connectivity index (χ2n) is 16.8. The third-order valence-electron chi connectivity index (χ3n) is 13.3. The lowest BCUT2D eigenvalue weighted by molar-refractivity contribution is 1.29. The molecule has 0 radical (unpaired) electrons. The van der Waals surface area contributed by atoms with Gasteiger partial charge in [0, 0.05) is 17.1 Å². The van der Waals surface area contributed by atoms with Crippen LogP contribution in [0.25, 0.3) is 109 Å². The molecule has 0 spiro atoms. The summed E-state index contributed by atoms with van der Waals surface area (Å²) in [6.45, 7) is 0. The lowest BCUT2D eigenvalue weighted by atomic mass is 9.87. The normalized spacial score (nSPS) is 11.8. The van der Waals surface area contributed by atoms with Crippen LogP contribution in [0.2, 0.25) is 0 Å². The number of hydrogen-bond donors (Lipinski definition) is 0. The largest absolute Gasteiger partial charge is 0.310 e. The molecule has 0 aliphatic heterocycles. The van der Waals surface area contributed by atoms with Crippen molar-refractivity contribution in [1.29, 1.82) is 0 Å². The van der Waals surface area contributed by atoms with E-state index in [4.69, 9.17) is 0 Å². The van der Waals surface area contributed by atoms with Gasteiger partial charge in [-0.25, -0.2) is 0 Å². The van der Waals surface area contributed by atoms with E-state index in [1.54, 1.807) is 0 Å². The highest BCUT2D eigenvalue weighted by Gasteiger charge is 2.20. The molecule has 63 heavy (non-hydrogen) atoms. The van der Waals surface area contributed by atoms with Crippen LogP contribution in [0.3, 0.4) is 0 Å². The first-order valence-corrected chi connectivity index (χ1v) is 21.8. The highest BCUT2D eigenvalue weighted by Crippen LogP contribution is 2.46. The number of nitrogens with zero attached hydrogens (tertiary/aromatic N) is 1. The third kappa shape index (κ3) is 5.71. The summed E-state index contributed by atoms with van der Waals surface area (Å²) in [4.78, 5) is 2.44. The quantitative estimate of drug-likeness (QED) is 0.152. The molecular weight excluding hydrogens is 759 g/mol. The van der Waals surface area contributed by atoms with Gasteiger partial charge < -0.3 is 4.90 Å². The molecule has 0 amide bonds. The summed E-state index contributed by atoms with van der Waals surface area (Å²) in [5.41, 5.74) is 10.6. The fourth-order valence-corrected chi connectivity index (χ4v) is 10.4. The molecule has 1 nitrogen and oxygen atoms in total. The molecule has 0 aliphatic rings. The molecule has 0 fully saturated rings. The molecule has 0 saturated heterocycles. The molecule has 0 unspecified atom stereocenters. The smallest absolute Gasteiger partial charge is 0.0474 e. The fourth-order valence-electron chi connectivity index (χ4n) is 10.4. The topological polar surface area (TPSA) is 3.24 Å². The van der Waals surface area contributed by atoms with Crippen molar-refractivity contribution in [3.05, 3.63) is 237 Å². The number of rotatable bonds is 6. The summed E-state index contributed by atoms with van der Waals surface area (Å²) in [5.74, 6) is 0. The van der Waals surface area contributed by atoms with E-state index in [1.165, 1.54) is 109 Å². The summed E-state index contributed by atoms with van der Waals surface area (Å²) in [5, 5.41) is 17.8. The minimum absolute atomic E-state index is 1.10. The molecule has 13 aromatic carbocycles. The van der Waals surface area contributed by atoms with Crippen molar-refractivity contribution in [2.24, 2.45) is 0 Å². The molecule has 0 aromatic heterocycles. The Labute approximate surface area is 365 Å². The molecule has 0 aliphatic carbocycles. The molecule has 1 heteroatoms. The van der Waals surface area contributed by atoms with Crippen LogP contribution >= 0.6 is 0 Å². The first-order chi connectivity index (χ1) is 31.2. The predicted octanol–water partition coefficient (Wildman–Crippen LogP) is 17.7. The van der Waals surface area contributed by atoms with Gasteiger partial charge in [0.1, 0.15) is 0 Å². The van der Waals surface area contributed by atoms with Gasteiger partial charge in [-0.1, -0.05) is 200 Å². The highest BCUT2D eigenvalue weighted by molar-refractivity contribution is 6.37. The Morgan fingerprint density at radius 1 is 0.206 bits per heavy atom. The zero-order chi connectivity index (χ0) is 41.4. The van der Waals surface area contributed by atoms with Gasteiger partial charge in [-0.2, -0.15) is 0 Å². The SMILES string of the molecule is c1ccc(-c2ccc(-c3ccc(N(c4ccc(-c5cccc6ccccc56)cc4)c4cc5ccc6cccc7c8cccc9ccc%10cccc(c(c4)c5c67)c%10c98)cc3)cc2)cc1. The van der Waals surface area contributed by atoms with Gasteiger partial charge in [0.25, 0.3) is 0 Å². The van der Waals surface area contributed by atoms with Crippen LogP contribution in [0.15, 0.2) is 237 Å². The van der Waals surface area contributed by atoms with Crippen molar-refractivity contribution < 1.29 is 0 Å². The number of hydrogen-bond acceptors (Lipinski definition) is 1. The van der Waals surface area contributed by atoms with E-state index >= 15 is 0 Å². The maximum absolute atomic E-state index is 2.45. The lowest BCUT2D eigenvalue weighted by Crippen LogP contribution is -2.10. The van der Waals surface area contributed by atoms with Crippen LogP contribution in [0.5, 0.6) is 0 Å². The summed E-state index contributed by atoms with van der Waals surface area (Å²) in [7, 11) is 0. The van der Waals surface area contributed by atoms with E-state index in [0.717, 1.165) is 17.1 Å². The standard InChI is InChI=1S/C62H39N/c1-2-10-40(11-3-1)41-22-24-42(25-23-41)43-30-34-50(35-31-43)63(51-36-32-45(33-37-51)54-18-6-13-44-12-4-5-17-53(44)54)52-38-49-29-28-48-15-8-20-56-55-19-7-14-46-26-27-47-16-9-21-57(61(47)59(46)55)58(39-52)62(49)60(48)56/h1-39H. The molecule has 0 N–H and O–H groups in total. The molecule has 13 aromatic rings. The third-order valence-corrected chi connectivity index (χ3v) is 13.3. The molecule has 13 rings (SSSR count). The van der Waals surface area contributed by atoms with Crippen LogP contribution in [0.4, 0.5) is 17.1 Å². The average Bonchev–Trinajstić information content (AvgIpc) is 3.35. The first-order valence-electron chi connectivity index (χ1n) is 21.8. The van der Waals surface area contributed by atoms with Crippen LogP contribution in [-0.4, -0.2) is 0 Å². The van der Waals surface area contributed by atoms with Gasteiger partial charge in [0.05, 0.1) is 0 Å². The van der Waals surface area contributed by atoms with Crippen molar-refractivity contribution in [2.45, 2.75) is 0 Å². The second kappa shape index (κ2) is 14.2. The number of benzene rings is 12. The first kappa shape index (κ1) is 35.5.